The first-order valence-electron chi connectivity index (χ1n) is 11.9. The Morgan fingerprint density at radius 2 is 1.79 bits per heavy atom. The zero-order chi connectivity index (χ0) is 24.5. The van der Waals surface area contributed by atoms with Crippen LogP contribution >= 0.6 is 0 Å². The van der Waals surface area contributed by atoms with Gasteiger partial charge >= 0.3 is 0 Å². The number of benzene rings is 2. The minimum atomic E-state index is -0.661. The molecule has 3 rings (SSSR count). The first-order valence-corrected chi connectivity index (χ1v) is 11.9. The number of carbonyl (C=O) groups is 3. The van der Waals surface area contributed by atoms with Gasteiger partial charge in [-0.15, -0.1) is 0 Å². The third-order valence-corrected chi connectivity index (χ3v) is 6.35. The van der Waals surface area contributed by atoms with Crippen LogP contribution in [0.25, 0.3) is 0 Å². The van der Waals surface area contributed by atoms with E-state index >= 15 is 0 Å². The molecule has 0 saturated carbocycles. The van der Waals surface area contributed by atoms with Crippen LogP contribution in [0.15, 0.2) is 48.5 Å². The Kier molecular flexibility index (Phi) is 9.22. The summed E-state index contributed by atoms with van der Waals surface area (Å²) in [6, 6.07) is 14.3. The maximum atomic E-state index is 13.1. The highest BCUT2D eigenvalue weighted by atomic mass is 16.5. The molecule has 1 aliphatic rings. The quantitative estimate of drug-likeness (QED) is 0.557. The maximum absolute atomic E-state index is 13.1. The highest BCUT2D eigenvalue weighted by Gasteiger charge is 2.34. The average molecular weight is 466 g/mol. The van der Waals surface area contributed by atoms with Gasteiger partial charge in [0.05, 0.1) is 0 Å². The second-order valence-corrected chi connectivity index (χ2v) is 8.90. The normalized spacial score (nSPS) is 15.0. The van der Waals surface area contributed by atoms with Crippen molar-refractivity contribution in [2.75, 3.05) is 33.4 Å². The van der Waals surface area contributed by atoms with Gasteiger partial charge in [0.2, 0.25) is 5.91 Å². The van der Waals surface area contributed by atoms with Crippen molar-refractivity contribution in [3.8, 4) is 0 Å². The van der Waals surface area contributed by atoms with Gasteiger partial charge in [0.1, 0.15) is 6.04 Å². The number of rotatable bonds is 9. The fourth-order valence-corrected chi connectivity index (χ4v) is 4.38. The molecular formula is C27H35N3O4. The van der Waals surface area contributed by atoms with Crippen molar-refractivity contribution in [2.45, 2.75) is 39.2 Å². The van der Waals surface area contributed by atoms with E-state index in [-0.39, 0.29) is 23.6 Å². The third kappa shape index (κ3) is 6.67. The number of amides is 3. The van der Waals surface area contributed by atoms with Crippen molar-refractivity contribution in [1.82, 2.24) is 15.5 Å². The molecule has 1 atom stereocenters. The van der Waals surface area contributed by atoms with Crippen LogP contribution in [0.5, 0.6) is 0 Å². The Bertz CT molecular complexity index is 999. The second kappa shape index (κ2) is 12.3. The van der Waals surface area contributed by atoms with E-state index in [4.69, 9.17) is 4.74 Å². The van der Waals surface area contributed by atoms with E-state index < -0.39 is 6.04 Å². The van der Waals surface area contributed by atoms with E-state index in [1.165, 1.54) is 0 Å². The van der Waals surface area contributed by atoms with Crippen molar-refractivity contribution in [3.63, 3.8) is 0 Å². The monoisotopic (exact) mass is 465 g/mol. The van der Waals surface area contributed by atoms with Crippen LogP contribution in [0, 0.1) is 19.8 Å². The fourth-order valence-electron chi connectivity index (χ4n) is 4.38. The van der Waals surface area contributed by atoms with Crippen molar-refractivity contribution >= 4 is 17.7 Å². The smallest absolute Gasteiger partial charge is 0.253 e. The Balaban J connectivity index is 1.68. The van der Waals surface area contributed by atoms with Crippen molar-refractivity contribution < 1.29 is 19.1 Å². The lowest BCUT2D eigenvalue weighted by Crippen LogP contribution is -2.54. The Morgan fingerprint density at radius 1 is 1.06 bits per heavy atom. The molecule has 0 unspecified atom stereocenters. The summed E-state index contributed by atoms with van der Waals surface area (Å²) in [4.78, 5) is 40.9. The zero-order valence-corrected chi connectivity index (χ0v) is 20.3. The molecule has 1 aliphatic heterocycles. The molecule has 0 bridgehead atoms. The molecule has 7 nitrogen and oxygen atoms in total. The van der Waals surface area contributed by atoms with Gasteiger partial charge in [0.15, 0.2) is 0 Å². The van der Waals surface area contributed by atoms with Crippen molar-refractivity contribution in [1.29, 1.82) is 0 Å². The summed E-state index contributed by atoms with van der Waals surface area (Å²) >= 11 is 0. The molecule has 3 amide bonds. The summed E-state index contributed by atoms with van der Waals surface area (Å²) in [7, 11) is 1.62. The predicted octanol–water partition coefficient (Wildman–Crippen LogP) is 3.11. The summed E-state index contributed by atoms with van der Waals surface area (Å²) in [5, 5.41) is 5.92. The Hall–Kier alpha value is -3.19. The Morgan fingerprint density at radius 3 is 2.47 bits per heavy atom. The van der Waals surface area contributed by atoms with E-state index in [1.807, 2.05) is 61.2 Å². The number of nitrogens with one attached hydrogen (secondary N) is 2. The average Bonchev–Trinajstić information content (AvgIpc) is 2.85. The summed E-state index contributed by atoms with van der Waals surface area (Å²) in [5.41, 5.74) is 3.15. The molecule has 2 N–H and O–H groups in total. The largest absolute Gasteiger partial charge is 0.385 e. The highest BCUT2D eigenvalue weighted by Crippen LogP contribution is 2.23. The molecule has 182 valence electrons. The molecule has 1 saturated heterocycles. The van der Waals surface area contributed by atoms with Gasteiger partial charge in [-0.1, -0.05) is 35.9 Å². The van der Waals surface area contributed by atoms with E-state index in [0.717, 1.165) is 11.1 Å². The molecule has 34 heavy (non-hydrogen) atoms. The van der Waals surface area contributed by atoms with Gasteiger partial charge in [-0.25, -0.2) is 0 Å². The number of likely N-dealkylation sites (tertiary alicyclic amines) is 1. The topological polar surface area (TPSA) is 87.7 Å². The molecule has 0 aliphatic carbocycles. The second-order valence-electron chi connectivity index (χ2n) is 8.90. The first-order chi connectivity index (χ1) is 16.4. The Labute approximate surface area is 201 Å². The van der Waals surface area contributed by atoms with Crippen LogP contribution in [0.3, 0.4) is 0 Å². The fraction of sp³-hybridized carbons (Fsp3) is 0.444. The predicted molar refractivity (Wildman–Crippen MR) is 132 cm³/mol. The third-order valence-electron chi connectivity index (χ3n) is 6.35. The van der Waals surface area contributed by atoms with Crippen LogP contribution in [0.2, 0.25) is 0 Å². The summed E-state index contributed by atoms with van der Waals surface area (Å²) < 4.78 is 5.06. The maximum Gasteiger partial charge on any atom is 0.253 e. The molecule has 0 radical (unpaired) electrons. The molecule has 7 heteroatoms. The lowest BCUT2D eigenvalue weighted by molar-refractivity contribution is -0.124. The van der Waals surface area contributed by atoms with Crippen LogP contribution in [0.4, 0.5) is 0 Å². The van der Waals surface area contributed by atoms with Crippen LogP contribution < -0.4 is 10.6 Å². The van der Waals surface area contributed by atoms with Gasteiger partial charge in [-0.05, 0) is 62.8 Å². The molecule has 1 fully saturated rings. The number of carbonyl (C=O) groups excluding carboxylic acids is 3. The van der Waals surface area contributed by atoms with Gasteiger partial charge in [0, 0.05) is 44.5 Å². The molecule has 0 spiro atoms. The highest BCUT2D eigenvalue weighted by molar-refractivity contribution is 5.98. The lowest BCUT2D eigenvalue weighted by Gasteiger charge is -2.36. The van der Waals surface area contributed by atoms with Crippen LogP contribution in [-0.2, 0) is 9.53 Å². The summed E-state index contributed by atoms with van der Waals surface area (Å²) in [5.74, 6) is -0.501. The van der Waals surface area contributed by atoms with Crippen LogP contribution in [-0.4, -0.2) is 62.0 Å². The standard InChI is InChI=1S/C27H35N3O4/c1-19-8-6-10-22(18-19)27(33)30-15-12-21(13-16-30)24(26(32)28-14-7-17-34-3)29-25(31)23-11-5-4-9-20(23)2/h4-6,8-11,18,21,24H,7,12-17H2,1-3H3,(H,28,32)(H,29,31)/t24-/m0/s1. The molecule has 2 aromatic rings. The number of nitrogens with zero attached hydrogens (tertiary/aromatic N) is 1. The van der Waals surface area contributed by atoms with E-state index in [2.05, 4.69) is 10.6 Å². The molecule has 2 aromatic carbocycles. The van der Waals surface area contributed by atoms with E-state index in [1.54, 1.807) is 13.2 Å². The van der Waals surface area contributed by atoms with Gasteiger partial charge in [-0.3, -0.25) is 14.4 Å². The number of piperidine rings is 1. The summed E-state index contributed by atoms with van der Waals surface area (Å²) in [6.45, 7) is 5.98. The van der Waals surface area contributed by atoms with Crippen molar-refractivity contribution in [3.05, 3.63) is 70.8 Å². The van der Waals surface area contributed by atoms with Gasteiger partial charge < -0.3 is 20.3 Å². The van der Waals surface area contributed by atoms with Gasteiger partial charge in [-0.2, -0.15) is 0 Å². The van der Waals surface area contributed by atoms with E-state index in [9.17, 15) is 14.4 Å². The first kappa shape index (κ1) is 25.4. The number of hydrogen-bond acceptors (Lipinski definition) is 4. The zero-order valence-electron chi connectivity index (χ0n) is 20.3. The number of methoxy groups -OCH3 is 1. The molecule has 0 aromatic heterocycles. The molecule has 1 heterocycles. The minimum absolute atomic E-state index is 0.00617. The SMILES string of the molecule is COCCCNC(=O)[C@@H](NC(=O)c1ccccc1C)C1CCN(C(=O)c2cccc(C)c2)CC1. The number of ether oxygens (including phenoxy) is 1. The van der Waals surface area contributed by atoms with Crippen molar-refractivity contribution in [2.24, 2.45) is 5.92 Å². The summed E-state index contributed by atoms with van der Waals surface area (Å²) in [6.07, 6.45) is 1.98. The van der Waals surface area contributed by atoms with E-state index in [0.29, 0.717) is 56.6 Å². The number of hydrogen-bond donors (Lipinski definition) is 2. The number of aryl methyl sites for hydroxylation is 2. The minimum Gasteiger partial charge on any atom is -0.385 e. The van der Waals surface area contributed by atoms with Crippen LogP contribution in [0.1, 0.15) is 51.1 Å². The molecular weight excluding hydrogens is 430 g/mol. The van der Waals surface area contributed by atoms with Gasteiger partial charge in [0.25, 0.3) is 11.8 Å². The lowest BCUT2D eigenvalue weighted by atomic mass is 9.88.